The minimum Gasteiger partial charge on any atom is -0.481 e. The summed E-state index contributed by atoms with van der Waals surface area (Å²) in [6.45, 7) is 8.26. The van der Waals surface area contributed by atoms with Crippen LogP contribution >= 0.6 is 0 Å². The monoisotopic (exact) mass is 284 g/mol. The van der Waals surface area contributed by atoms with Crippen LogP contribution in [0.25, 0.3) is 0 Å². The maximum absolute atomic E-state index is 12.4. The Bertz CT molecular complexity index is 336. The first-order valence-corrected chi connectivity index (χ1v) is 7.60. The molecule has 116 valence electrons. The summed E-state index contributed by atoms with van der Waals surface area (Å²) in [6, 6.07) is 0. The third-order valence-corrected chi connectivity index (χ3v) is 4.22. The van der Waals surface area contributed by atoms with Crippen LogP contribution in [-0.2, 0) is 9.59 Å². The van der Waals surface area contributed by atoms with Gasteiger partial charge in [-0.2, -0.15) is 0 Å². The fraction of sp³-hybridized carbons (Fsp3) is 0.867. The van der Waals surface area contributed by atoms with E-state index in [9.17, 15) is 9.59 Å². The largest absolute Gasteiger partial charge is 0.481 e. The minimum absolute atomic E-state index is 0.0136. The van der Waals surface area contributed by atoms with Crippen molar-refractivity contribution in [2.24, 2.45) is 17.3 Å². The second-order valence-electron chi connectivity index (χ2n) is 6.36. The SMILES string of the molecule is CCC1(C(=O)NC[C@H](CC(=O)O)CC(C)C)CCNC1. The van der Waals surface area contributed by atoms with Gasteiger partial charge in [-0.1, -0.05) is 20.8 Å². The highest BCUT2D eigenvalue weighted by Gasteiger charge is 2.39. The molecule has 1 saturated heterocycles. The second-order valence-corrected chi connectivity index (χ2v) is 6.36. The number of carbonyl (C=O) groups excluding carboxylic acids is 1. The molecular formula is C15H28N2O3. The maximum atomic E-state index is 12.4. The zero-order valence-corrected chi connectivity index (χ0v) is 12.9. The van der Waals surface area contributed by atoms with Gasteiger partial charge in [0, 0.05) is 19.5 Å². The van der Waals surface area contributed by atoms with Gasteiger partial charge in [-0.15, -0.1) is 0 Å². The van der Waals surface area contributed by atoms with Gasteiger partial charge in [-0.3, -0.25) is 9.59 Å². The summed E-state index contributed by atoms with van der Waals surface area (Å²) < 4.78 is 0. The average molecular weight is 284 g/mol. The van der Waals surface area contributed by atoms with E-state index < -0.39 is 5.97 Å². The van der Waals surface area contributed by atoms with Crippen molar-refractivity contribution in [2.45, 2.75) is 46.5 Å². The molecule has 0 spiro atoms. The van der Waals surface area contributed by atoms with Crippen LogP contribution in [0.2, 0.25) is 0 Å². The van der Waals surface area contributed by atoms with Gasteiger partial charge in [0.25, 0.3) is 0 Å². The molecule has 0 aromatic rings. The number of aliphatic carboxylic acids is 1. The summed E-state index contributed by atoms with van der Waals surface area (Å²) in [7, 11) is 0. The molecule has 1 fully saturated rings. The standard InChI is InChI=1S/C15H28N2O3/c1-4-15(5-6-16-10-15)14(20)17-9-12(7-11(2)3)8-13(18)19/h11-12,16H,4-10H2,1-3H3,(H,17,20)(H,18,19)/t12-,15?/m0/s1. The predicted octanol–water partition coefficient (Wildman–Crippen LogP) is 1.63. The third-order valence-electron chi connectivity index (χ3n) is 4.22. The van der Waals surface area contributed by atoms with Crippen LogP contribution in [0.3, 0.4) is 0 Å². The number of carboxylic acid groups (broad SMARTS) is 1. The van der Waals surface area contributed by atoms with Crippen molar-refractivity contribution in [1.29, 1.82) is 0 Å². The van der Waals surface area contributed by atoms with Gasteiger partial charge in [0.2, 0.25) is 5.91 Å². The molecule has 0 aromatic heterocycles. The van der Waals surface area contributed by atoms with Crippen molar-refractivity contribution < 1.29 is 14.7 Å². The molecule has 20 heavy (non-hydrogen) atoms. The van der Waals surface area contributed by atoms with E-state index in [1.807, 2.05) is 6.92 Å². The molecule has 3 N–H and O–H groups in total. The van der Waals surface area contributed by atoms with Gasteiger partial charge >= 0.3 is 5.97 Å². The smallest absolute Gasteiger partial charge is 0.303 e. The van der Waals surface area contributed by atoms with E-state index in [2.05, 4.69) is 24.5 Å². The third kappa shape index (κ3) is 4.78. The number of carboxylic acids is 1. The highest BCUT2D eigenvalue weighted by molar-refractivity contribution is 5.83. The van der Waals surface area contributed by atoms with Crippen molar-refractivity contribution in [3.8, 4) is 0 Å². The van der Waals surface area contributed by atoms with Crippen molar-refractivity contribution >= 4 is 11.9 Å². The Balaban J connectivity index is 2.52. The maximum Gasteiger partial charge on any atom is 0.303 e. The van der Waals surface area contributed by atoms with Gasteiger partial charge in [0.05, 0.1) is 5.41 Å². The number of amides is 1. The molecule has 0 radical (unpaired) electrons. The summed E-state index contributed by atoms with van der Waals surface area (Å²) in [5, 5.41) is 15.2. The van der Waals surface area contributed by atoms with Crippen molar-refractivity contribution in [1.82, 2.24) is 10.6 Å². The molecule has 0 bridgehead atoms. The van der Waals surface area contributed by atoms with Gasteiger partial charge in [-0.05, 0) is 37.6 Å². The first-order valence-electron chi connectivity index (χ1n) is 7.60. The first kappa shape index (κ1) is 17.0. The zero-order valence-electron chi connectivity index (χ0n) is 12.9. The Morgan fingerprint density at radius 1 is 1.40 bits per heavy atom. The Hall–Kier alpha value is -1.10. The van der Waals surface area contributed by atoms with Crippen LogP contribution in [0.5, 0.6) is 0 Å². The molecule has 5 heteroatoms. The summed E-state index contributed by atoms with van der Waals surface area (Å²) in [6.07, 6.45) is 2.63. The highest BCUT2D eigenvalue weighted by atomic mass is 16.4. The molecule has 1 unspecified atom stereocenters. The number of hydrogen-bond donors (Lipinski definition) is 3. The Morgan fingerprint density at radius 3 is 2.55 bits per heavy atom. The number of rotatable bonds is 8. The molecule has 1 rings (SSSR count). The molecule has 1 aliphatic rings. The number of hydrogen-bond acceptors (Lipinski definition) is 3. The molecule has 0 aromatic carbocycles. The molecule has 1 heterocycles. The summed E-state index contributed by atoms with van der Waals surface area (Å²) in [5.41, 5.74) is -0.300. The normalized spacial score (nSPS) is 23.8. The molecule has 0 aliphatic carbocycles. The zero-order chi connectivity index (χ0) is 15.2. The van der Waals surface area contributed by atoms with E-state index in [1.165, 1.54) is 0 Å². The van der Waals surface area contributed by atoms with Crippen LogP contribution < -0.4 is 10.6 Å². The molecule has 0 saturated carbocycles. The topological polar surface area (TPSA) is 78.4 Å². The Kier molecular flexibility index (Phi) is 6.46. The minimum atomic E-state index is -0.794. The predicted molar refractivity (Wildman–Crippen MR) is 78.4 cm³/mol. The molecule has 1 amide bonds. The quantitative estimate of drug-likeness (QED) is 0.633. The van der Waals surface area contributed by atoms with E-state index >= 15 is 0 Å². The number of nitrogens with one attached hydrogen (secondary N) is 2. The summed E-state index contributed by atoms with van der Waals surface area (Å²) in [5.74, 6) is -0.272. The lowest BCUT2D eigenvalue weighted by Crippen LogP contribution is -2.44. The number of carbonyl (C=O) groups is 2. The van der Waals surface area contributed by atoms with Crippen LogP contribution in [0.1, 0.15) is 46.5 Å². The van der Waals surface area contributed by atoms with E-state index in [0.29, 0.717) is 12.5 Å². The van der Waals surface area contributed by atoms with E-state index in [-0.39, 0.29) is 23.7 Å². The van der Waals surface area contributed by atoms with E-state index in [1.54, 1.807) is 0 Å². The van der Waals surface area contributed by atoms with Crippen LogP contribution in [0.4, 0.5) is 0 Å². The molecule has 5 nitrogen and oxygen atoms in total. The lowest BCUT2D eigenvalue weighted by Gasteiger charge is -2.27. The lowest BCUT2D eigenvalue weighted by molar-refractivity contribution is -0.138. The highest BCUT2D eigenvalue weighted by Crippen LogP contribution is 2.29. The lowest BCUT2D eigenvalue weighted by atomic mass is 9.83. The first-order chi connectivity index (χ1) is 9.39. The van der Waals surface area contributed by atoms with Crippen molar-refractivity contribution in [3.63, 3.8) is 0 Å². The van der Waals surface area contributed by atoms with Crippen LogP contribution in [0.15, 0.2) is 0 Å². The molecule has 1 aliphatic heterocycles. The van der Waals surface area contributed by atoms with Gasteiger partial charge in [0.1, 0.15) is 0 Å². The second kappa shape index (κ2) is 7.62. The Morgan fingerprint density at radius 2 is 2.10 bits per heavy atom. The molecule has 2 atom stereocenters. The Labute approximate surface area is 121 Å². The fourth-order valence-corrected chi connectivity index (χ4v) is 2.98. The van der Waals surface area contributed by atoms with Crippen molar-refractivity contribution in [2.75, 3.05) is 19.6 Å². The average Bonchev–Trinajstić information content (AvgIpc) is 2.84. The van der Waals surface area contributed by atoms with Gasteiger partial charge in [0.15, 0.2) is 0 Å². The van der Waals surface area contributed by atoms with Crippen molar-refractivity contribution in [3.05, 3.63) is 0 Å². The summed E-state index contributed by atoms with van der Waals surface area (Å²) in [4.78, 5) is 23.3. The van der Waals surface area contributed by atoms with Crippen LogP contribution in [0, 0.1) is 17.3 Å². The van der Waals surface area contributed by atoms with Crippen LogP contribution in [-0.4, -0.2) is 36.6 Å². The van der Waals surface area contributed by atoms with Gasteiger partial charge in [-0.25, -0.2) is 0 Å². The fourth-order valence-electron chi connectivity index (χ4n) is 2.98. The van der Waals surface area contributed by atoms with E-state index in [4.69, 9.17) is 5.11 Å². The van der Waals surface area contributed by atoms with E-state index in [0.717, 1.165) is 32.4 Å². The van der Waals surface area contributed by atoms with Gasteiger partial charge < -0.3 is 15.7 Å². The molecular weight excluding hydrogens is 256 g/mol. The summed E-state index contributed by atoms with van der Waals surface area (Å²) >= 11 is 0.